The van der Waals surface area contributed by atoms with Crippen molar-refractivity contribution in [1.82, 2.24) is 14.8 Å². The maximum atomic E-state index is 4.54. The minimum Gasteiger partial charge on any atom is -0.298 e. The van der Waals surface area contributed by atoms with Crippen LogP contribution in [0.1, 0.15) is 16.7 Å². The first-order valence-corrected chi connectivity index (χ1v) is 10.9. The van der Waals surface area contributed by atoms with Crippen molar-refractivity contribution in [1.29, 1.82) is 0 Å². The molecule has 140 valence electrons. The summed E-state index contributed by atoms with van der Waals surface area (Å²) in [6.45, 7) is 2.89. The molecule has 0 spiro atoms. The Bertz CT molecular complexity index is 1080. The first kappa shape index (κ1) is 19.0. The van der Waals surface area contributed by atoms with Gasteiger partial charge in [-0.25, -0.2) is 0 Å². The van der Waals surface area contributed by atoms with Crippen LogP contribution in [0.3, 0.4) is 0 Å². The molecule has 0 radical (unpaired) electrons. The Labute approximate surface area is 178 Å². The van der Waals surface area contributed by atoms with Gasteiger partial charge in [0.15, 0.2) is 11.0 Å². The number of aryl methyl sites for hydroxylation is 1. The van der Waals surface area contributed by atoms with E-state index in [0.29, 0.717) is 0 Å². The number of hydrogen-bond acceptors (Lipinski definition) is 3. The highest BCUT2D eigenvalue weighted by Crippen LogP contribution is 2.31. The Morgan fingerprint density at radius 2 is 1.57 bits per heavy atom. The fourth-order valence-electron chi connectivity index (χ4n) is 3.06. The van der Waals surface area contributed by atoms with Crippen molar-refractivity contribution in [3.05, 3.63) is 100 Å². The van der Waals surface area contributed by atoms with Crippen molar-refractivity contribution in [3.63, 3.8) is 0 Å². The summed E-state index contributed by atoms with van der Waals surface area (Å²) in [4.78, 5) is 0. The molecule has 0 fully saturated rings. The van der Waals surface area contributed by atoms with E-state index in [0.717, 1.165) is 33.3 Å². The third-order valence-corrected chi connectivity index (χ3v) is 6.34. The molecule has 0 N–H and O–H groups in total. The molecule has 1 heterocycles. The molecule has 0 aliphatic carbocycles. The van der Waals surface area contributed by atoms with E-state index in [2.05, 4.69) is 92.2 Å². The number of hydrogen-bond donors (Lipinski definition) is 0. The number of thioether (sulfide) groups is 1. The van der Waals surface area contributed by atoms with Crippen LogP contribution in [-0.4, -0.2) is 14.8 Å². The Balaban J connectivity index is 1.70. The lowest BCUT2D eigenvalue weighted by Gasteiger charge is -2.12. The lowest BCUT2D eigenvalue weighted by Crippen LogP contribution is -2.04. The lowest BCUT2D eigenvalue weighted by molar-refractivity contribution is 0.714. The molecule has 0 saturated heterocycles. The average Bonchev–Trinajstić information content (AvgIpc) is 3.11. The summed E-state index contributed by atoms with van der Waals surface area (Å²) < 4.78 is 3.23. The molecule has 1 aromatic heterocycles. The molecule has 0 unspecified atom stereocenters. The number of aromatic nitrogens is 3. The normalized spacial score (nSPS) is 10.9. The van der Waals surface area contributed by atoms with Crippen LogP contribution in [0.25, 0.3) is 11.4 Å². The zero-order valence-electron chi connectivity index (χ0n) is 15.5. The predicted octanol–water partition coefficient (Wildman–Crippen LogP) is 6.36. The Kier molecular flexibility index (Phi) is 5.93. The molecule has 0 amide bonds. The van der Waals surface area contributed by atoms with Crippen molar-refractivity contribution in [3.8, 4) is 11.4 Å². The number of benzene rings is 3. The van der Waals surface area contributed by atoms with E-state index in [9.17, 15) is 0 Å². The van der Waals surface area contributed by atoms with Crippen molar-refractivity contribution >= 4 is 27.7 Å². The Morgan fingerprint density at radius 3 is 2.36 bits per heavy atom. The minimum atomic E-state index is 0.737. The van der Waals surface area contributed by atoms with Crippen molar-refractivity contribution in [2.45, 2.75) is 24.4 Å². The molecule has 4 rings (SSSR count). The first-order valence-electron chi connectivity index (χ1n) is 9.11. The topological polar surface area (TPSA) is 30.7 Å². The number of halogens is 1. The number of rotatable bonds is 6. The van der Waals surface area contributed by atoms with Crippen molar-refractivity contribution in [2.24, 2.45) is 0 Å². The fourth-order valence-corrected chi connectivity index (χ4v) is 4.54. The molecule has 5 heteroatoms. The Morgan fingerprint density at radius 1 is 0.857 bits per heavy atom. The molecule has 4 aromatic rings. The van der Waals surface area contributed by atoms with Crippen molar-refractivity contribution < 1.29 is 0 Å². The van der Waals surface area contributed by atoms with Crippen LogP contribution in [-0.2, 0) is 12.3 Å². The van der Waals surface area contributed by atoms with Crippen LogP contribution >= 0.6 is 27.7 Å². The quantitative estimate of drug-likeness (QED) is 0.321. The van der Waals surface area contributed by atoms with Gasteiger partial charge in [-0.3, -0.25) is 4.57 Å². The average molecular weight is 450 g/mol. The third kappa shape index (κ3) is 4.21. The van der Waals surface area contributed by atoms with Crippen LogP contribution in [0.2, 0.25) is 0 Å². The van der Waals surface area contributed by atoms with Gasteiger partial charge in [0.2, 0.25) is 0 Å². The Hall–Kier alpha value is -2.37. The summed E-state index contributed by atoms with van der Waals surface area (Å²) in [5.74, 6) is 1.75. The van der Waals surface area contributed by atoms with E-state index >= 15 is 0 Å². The van der Waals surface area contributed by atoms with Gasteiger partial charge in [0.1, 0.15) is 0 Å². The SMILES string of the molecule is Cc1ccccc1CSc1nnc(-c2ccccc2Br)n1Cc1ccccc1. The fraction of sp³-hybridized carbons (Fsp3) is 0.130. The van der Waals surface area contributed by atoms with Crippen LogP contribution in [0.15, 0.2) is 88.5 Å². The van der Waals surface area contributed by atoms with E-state index in [1.54, 1.807) is 11.8 Å². The molecular weight excluding hydrogens is 430 g/mol. The van der Waals surface area contributed by atoms with Gasteiger partial charge in [0.05, 0.1) is 6.54 Å². The van der Waals surface area contributed by atoms with E-state index in [1.165, 1.54) is 16.7 Å². The molecule has 0 bridgehead atoms. The predicted molar refractivity (Wildman–Crippen MR) is 119 cm³/mol. The maximum Gasteiger partial charge on any atom is 0.192 e. The van der Waals surface area contributed by atoms with E-state index in [-0.39, 0.29) is 0 Å². The molecule has 0 saturated carbocycles. The summed E-state index contributed by atoms with van der Waals surface area (Å²) in [5.41, 5.74) is 4.90. The molecule has 3 aromatic carbocycles. The van der Waals surface area contributed by atoms with Gasteiger partial charge >= 0.3 is 0 Å². The molecule has 0 aliphatic rings. The van der Waals surface area contributed by atoms with Gasteiger partial charge in [-0.05, 0) is 29.7 Å². The smallest absolute Gasteiger partial charge is 0.192 e. The van der Waals surface area contributed by atoms with E-state index in [1.807, 2.05) is 24.3 Å². The summed E-state index contributed by atoms with van der Waals surface area (Å²) in [6, 6.07) is 27.1. The lowest BCUT2D eigenvalue weighted by atomic mass is 10.1. The summed E-state index contributed by atoms with van der Waals surface area (Å²) in [5, 5.41) is 10.00. The zero-order valence-corrected chi connectivity index (χ0v) is 18.0. The highest BCUT2D eigenvalue weighted by molar-refractivity contribution is 9.10. The monoisotopic (exact) mass is 449 g/mol. The highest BCUT2D eigenvalue weighted by atomic mass is 79.9. The molecule has 0 aliphatic heterocycles. The van der Waals surface area contributed by atoms with Gasteiger partial charge in [-0.1, -0.05) is 100 Å². The standard InChI is InChI=1S/C23H20BrN3S/c1-17-9-5-6-12-19(17)16-28-23-26-25-22(20-13-7-8-14-21(20)24)27(23)15-18-10-3-2-4-11-18/h2-14H,15-16H2,1H3. The zero-order chi connectivity index (χ0) is 19.3. The summed E-state index contributed by atoms with van der Waals surface area (Å²) in [7, 11) is 0. The second-order valence-corrected chi connectivity index (χ2v) is 8.37. The second-order valence-electron chi connectivity index (χ2n) is 6.57. The minimum absolute atomic E-state index is 0.737. The van der Waals surface area contributed by atoms with Crippen LogP contribution in [0.5, 0.6) is 0 Å². The second kappa shape index (κ2) is 8.76. The van der Waals surface area contributed by atoms with Gasteiger partial charge in [-0.15, -0.1) is 10.2 Å². The van der Waals surface area contributed by atoms with Gasteiger partial charge in [0.25, 0.3) is 0 Å². The third-order valence-electron chi connectivity index (χ3n) is 4.63. The van der Waals surface area contributed by atoms with Crippen LogP contribution < -0.4 is 0 Å². The van der Waals surface area contributed by atoms with Crippen LogP contribution in [0, 0.1) is 6.92 Å². The van der Waals surface area contributed by atoms with Gasteiger partial charge < -0.3 is 0 Å². The first-order chi connectivity index (χ1) is 13.7. The number of nitrogens with zero attached hydrogens (tertiary/aromatic N) is 3. The van der Waals surface area contributed by atoms with E-state index in [4.69, 9.17) is 0 Å². The summed E-state index contributed by atoms with van der Waals surface area (Å²) >= 11 is 5.39. The molecule has 0 atom stereocenters. The van der Waals surface area contributed by atoms with E-state index < -0.39 is 0 Å². The van der Waals surface area contributed by atoms with Crippen molar-refractivity contribution in [2.75, 3.05) is 0 Å². The molecular formula is C23H20BrN3S. The maximum absolute atomic E-state index is 4.54. The van der Waals surface area contributed by atoms with Gasteiger partial charge in [0, 0.05) is 15.8 Å². The van der Waals surface area contributed by atoms with Crippen LogP contribution in [0.4, 0.5) is 0 Å². The summed E-state index contributed by atoms with van der Waals surface area (Å²) in [6.07, 6.45) is 0. The molecule has 28 heavy (non-hydrogen) atoms. The highest BCUT2D eigenvalue weighted by Gasteiger charge is 2.17. The van der Waals surface area contributed by atoms with Gasteiger partial charge in [-0.2, -0.15) is 0 Å². The largest absolute Gasteiger partial charge is 0.298 e. The molecule has 3 nitrogen and oxygen atoms in total.